The van der Waals surface area contributed by atoms with Crippen molar-refractivity contribution in [1.29, 1.82) is 0 Å². The first-order valence-electron chi connectivity index (χ1n) is 7.65. The van der Waals surface area contributed by atoms with Crippen molar-refractivity contribution in [3.63, 3.8) is 0 Å². The minimum absolute atomic E-state index is 0.794. The van der Waals surface area contributed by atoms with Crippen molar-refractivity contribution in [1.82, 2.24) is 19.5 Å². The van der Waals surface area contributed by atoms with Crippen LogP contribution < -0.4 is 4.74 Å². The topological polar surface area (TPSA) is 52.8 Å². The number of imidazole rings is 1. The molecule has 0 aliphatic carbocycles. The third-order valence-electron chi connectivity index (χ3n) is 3.99. The highest BCUT2D eigenvalue weighted by molar-refractivity contribution is 5.81. The summed E-state index contributed by atoms with van der Waals surface area (Å²) in [5.74, 6) is 1.61. The summed E-state index contributed by atoms with van der Waals surface area (Å²) in [5, 5.41) is 0. The van der Waals surface area contributed by atoms with Gasteiger partial charge in [0, 0.05) is 19.3 Å². The van der Waals surface area contributed by atoms with Crippen LogP contribution in [0, 0.1) is 0 Å². The molecule has 4 rings (SSSR count). The molecule has 0 bridgehead atoms. The van der Waals surface area contributed by atoms with Gasteiger partial charge in [-0.3, -0.25) is 4.98 Å². The van der Waals surface area contributed by atoms with Crippen molar-refractivity contribution >= 4 is 11.0 Å². The molecule has 0 aliphatic heterocycles. The van der Waals surface area contributed by atoms with Crippen LogP contribution in [0.4, 0.5) is 0 Å². The first kappa shape index (κ1) is 14.4. The molecule has 24 heavy (non-hydrogen) atoms. The Balaban J connectivity index is 1.84. The molecule has 1 aromatic carbocycles. The molecule has 0 atom stereocenters. The minimum atomic E-state index is 0.794. The number of ether oxygens (including phenoxy) is 1. The van der Waals surface area contributed by atoms with Gasteiger partial charge in [-0.25, -0.2) is 9.97 Å². The van der Waals surface area contributed by atoms with Crippen LogP contribution in [0.3, 0.4) is 0 Å². The lowest BCUT2D eigenvalue weighted by Gasteiger charge is -2.05. The van der Waals surface area contributed by atoms with Crippen LogP contribution in [0.1, 0.15) is 0 Å². The van der Waals surface area contributed by atoms with E-state index in [1.54, 1.807) is 13.3 Å². The Morgan fingerprint density at radius 3 is 2.50 bits per heavy atom. The van der Waals surface area contributed by atoms with Gasteiger partial charge in [-0.15, -0.1) is 0 Å². The van der Waals surface area contributed by atoms with E-state index in [1.807, 2.05) is 66.2 Å². The Bertz CT molecular complexity index is 1010. The van der Waals surface area contributed by atoms with Crippen molar-refractivity contribution in [2.75, 3.05) is 7.11 Å². The summed E-state index contributed by atoms with van der Waals surface area (Å²) in [6.45, 7) is 0. The molecule has 0 saturated heterocycles. The molecule has 0 unspecified atom stereocenters. The first-order chi connectivity index (χ1) is 11.8. The van der Waals surface area contributed by atoms with Gasteiger partial charge in [-0.1, -0.05) is 12.1 Å². The van der Waals surface area contributed by atoms with Gasteiger partial charge in [0.25, 0.3) is 0 Å². The molecule has 0 N–H and O–H groups in total. The first-order valence-corrected chi connectivity index (χ1v) is 7.65. The number of aryl methyl sites for hydroxylation is 1. The predicted octanol–water partition coefficient (Wildman–Crippen LogP) is 3.71. The van der Waals surface area contributed by atoms with E-state index in [9.17, 15) is 0 Å². The Labute approximate surface area is 139 Å². The number of pyridine rings is 2. The Kier molecular flexibility index (Phi) is 3.46. The summed E-state index contributed by atoms with van der Waals surface area (Å²) in [4.78, 5) is 13.8. The van der Waals surface area contributed by atoms with Gasteiger partial charge in [0.05, 0.1) is 29.5 Å². The number of hydrogen-bond donors (Lipinski definition) is 0. The summed E-state index contributed by atoms with van der Waals surface area (Å²) < 4.78 is 7.32. The average molecular weight is 316 g/mol. The molecule has 0 fully saturated rings. The third-order valence-corrected chi connectivity index (χ3v) is 3.99. The molecule has 118 valence electrons. The molecule has 4 aromatic rings. The summed E-state index contributed by atoms with van der Waals surface area (Å²) in [7, 11) is 3.65. The molecular formula is C19H16N4O. The third kappa shape index (κ3) is 2.40. The van der Waals surface area contributed by atoms with Gasteiger partial charge >= 0.3 is 0 Å². The summed E-state index contributed by atoms with van der Waals surface area (Å²) >= 11 is 0. The van der Waals surface area contributed by atoms with Crippen molar-refractivity contribution in [2.45, 2.75) is 0 Å². The van der Waals surface area contributed by atoms with Crippen LogP contribution in [0.2, 0.25) is 0 Å². The van der Waals surface area contributed by atoms with Crippen LogP contribution in [-0.2, 0) is 7.05 Å². The summed E-state index contributed by atoms with van der Waals surface area (Å²) in [6, 6.07) is 17.6. The number of nitrogens with zero attached hydrogens (tertiary/aromatic N) is 4. The summed E-state index contributed by atoms with van der Waals surface area (Å²) in [6.07, 6.45) is 1.77. The van der Waals surface area contributed by atoms with Crippen molar-refractivity contribution in [2.24, 2.45) is 7.05 Å². The molecule has 3 aromatic heterocycles. The zero-order chi connectivity index (χ0) is 16.5. The maximum atomic E-state index is 5.28. The van der Waals surface area contributed by atoms with Gasteiger partial charge in [0.15, 0.2) is 5.82 Å². The molecule has 0 radical (unpaired) electrons. The number of aromatic nitrogens is 4. The van der Waals surface area contributed by atoms with E-state index < -0.39 is 0 Å². The average Bonchev–Trinajstić information content (AvgIpc) is 2.98. The molecule has 0 saturated carbocycles. The normalized spacial score (nSPS) is 10.9. The second-order valence-corrected chi connectivity index (χ2v) is 5.47. The van der Waals surface area contributed by atoms with Gasteiger partial charge < -0.3 is 9.30 Å². The van der Waals surface area contributed by atoms with E-state index in [0.717, 1.165) is 39.7 Å². The van der Waals surface area contributed by atoms with E-state index in [2.05, 4.69) is 4.98 Å². The van der Waals surface area contributed by atoms with E-state index in [0.29, 0.717) is 0 Å². The molecule has 0 amide bonds. The molecular weight excluding hydrogens is 300 g/mol. The van der Waals surface area contributed by atoms with Crippen molar-refractivity contribution < 1.29 is 4.74 Å². The number of rotatable bonds is 3. The van der Waals surface area contributed by atoms with Gasteiger partial charge in [-0.05, 0) is 36.4 Å². The number of fused-ring (bicyclic) bond motifs is 1. The fourth-order valence-electron chi connectivity index (χ4n) is 2.75. The smallest absolute Gasteiger partial charge is 0.159 e. The maximum absolute atomic E-state index is 5.28. The fourth-order valence-corrected chi connectivity index (χ4v) is 2.75. The highest BCUT2D eigenvalue weighted by Crippen LogP contribution is 2.26. The van der Waals surface area contributed by atoms with Gasteiger partial charge in [-0.2, -0.15) is 0 Å². The van der Waals surface area contributed by atoms with E-state index in [1.165, 1.54) is 0 Å². The molecule has 3 heterocycles. The largest absolute Gasteiger partial charge is 0.497 e. The monoisotopic (exact) mass is 316 g/mol. The van der Waals surface area contributed by atoms with Crippen LogP contribution >= 0.6 is 0 Å². The van der Waals surface area contributed by atoms with E-state index in [4.69, 9.17) is 14.7 Å². The number of benzene rings is 1. The number of methoxy groups -OCH3 is 1. The van der Waals surface area contributed by atoms with Gasteiger partial charge in [0.2, 0.25) is 0 Å². The van der Waals surface area contributed by atoms with E-state index in [-0.39, 0.29) is 0 Å². The Hall–Kier alpha value is -3.21. The molecule has 5 heteroatoms. The quantitative estimate of drug-likeness (QED) is 0.578. The minimum Gasteiger partial charge on any atom is -0.497 e. The Morgan fingerprint density at radius 1 is 0.875 bits per heavy atom. The van der Waals surface area contributed by atoms with E-state index >= 15 is 0 Å². The summed E-state index contributed by atoms with van der Waals surface area (Å²) in [5.41, 5.74) is 4.42. The number of hydrogen-bond acceptors (Lipinski definition) is 4. The second kappa shape index (κ2) is 5.77. The lowest BCUT2D eigenvalue weighted by atomic mass is 10.2. The molecule has 0 aliphatic rings. The fraction of sp³-hybridized carbons (Fsp3) is 0.105. The van der Waals surface area contributed by atoms with Crippen LogP contribution in [0.25, 0.3) is 33.9 Å². The van der Waals surface area contributed by atoms with Crippen LogP contribution in [0.5, 0.6) is 5.75 Å². The highest BCUT2D eigenvalue weighted by atomic mass is 16.5. The zero-order valence-corrected chi connectivity index (χ0v) is 13.5. The predicted molar refractivity (Wildman–Crippen MR) is 93.7 cm³/mol. The lowest BCUT2D eigenvalue weighted by molar-refractivity contribution is 0.415. The lowest BCUT2D eigenvalue weighted by Crippen LogP contribution is -1.96. The van der Waals surface area contributed by atoms with Gasteiger partial charge in [0.1, 0.15) is 11.4 Å². The standard InChI is InChI=1S/C19H16N4O/c1-23-18-10-9-13(24-2)12-17(18)22-19(23)16-8-5-7-15(21-16)14-6-3-4-11-20-14/h3-12H,1-2H3. The van der Waals surface area contributed by atoms with Crippen molar-refractivity contribution in [3.8, 4) is 28.7 Å². The second-order valence-electron chi connectivity index (χ2n) is 5.47. The molecule has 5 nitrogen and oxygen atoms in total. The van der Waals surface area contributed by atoms with Crippen molar-refractivity contribution in [3.05, 3.63) is 60.8 Å². The van der Waals surface area contributed by atoms with Crippen LogP contribution in [-0.4, -0.2) is 26.6 Å². The zero-order valence-electron chi connectivity index (χ0n) is 13.5. The molecule has 0 spiro atoms. The Morgan fingerprint density at radius 2 is 1.71 bits per heavy atom. The SMILES string of the molecule is COc1ccc2c(c1)nc(-c1cccc(-c3ccccn3)n1)n2C. The van der Waals surface area contributed by atoms with Crippen LogP contribution in [0.15, 0.2) is 60.8 Å². The highest BCUT2D eigenvalue weighted by Gasteiger charge is 2.12. The maximum Gasteiger partial charge on any atom is 0.159 e.